The van der Waals surface area contributed by atoms with E-state index in [1.54, 1.807) is 0 Å². The van der Waals surface area contributed by atoms with Crippen LogP contribution < -0.4 is 0 Å². The first-order valence-corrected chi connectivity index (χ1v) is 6.67. The normalized spacial score (nSPS) is 24.9. The first-order valence-electron chi connectivity index (χ1n) is 6.67. The Balaban J connectivity index is 2.31. The van der Waals surface area contributed by atoms with Gasteiger partial charge in [0.15, 0.2) is 0 Å². The number of hydrogen-bond donors (Lipinski definition) is 1. The van der Waals surface area contributed by atoms with Crippen LogP contribution in [0.3, 0.4) is 0 Å². The van der Waals surface area contributed by atoms with E-state index in [1.165, 1.54) is 24.0 Å². The van der Waals surface area contributed by atoms with Crippen molar-refractivity contribution in [2.45, 2.75) is 53.1 Å². The summed E-state index contributed by atoms with van der Waals surface area (Å²) >= 11 is 0. The van der Waals surface area contributed by atoms with E-state index < -0.39 is 0 Å². The molecule has 0 heterocycles. The molecule has 1 N–H and O–H groups in total. The molecular weight excluding hydrogens is 208 g/mol. The Morgan fingerprint density at radius 3 is 2.59 bits per heavy atom. The van der Waals surface area contributed by atoms with Crippen molar-refractivity contribution < 1.29 is 5.11 Å². The predicted molar refractivity (Wildman–Crippen MR) is 72.0 cm³/mol. The van der Waals surface area contributed by atoms with Gasteiger partial charge in [-0.15, -0.1) is 0 Å². The summed E-state index contributed by atoms with van der Waals surface area (Å²) in [5.41, 5.74) is 3.93. The van der Waals surface area contributed by atoms with E-state index in [1.807, 2.05) is 0 Å². The highest BCUT2D eigenvalue weighted by Gasteiger charge is 2.39. The van der Waals surface area contributed by atoms with Crippen molar-refractivity contribution in [1.29, 1.82) is 0 Å². The Kier molecular flexibility index (Phi) is 3.31. The smallest absolute Gasteiger partial charge is 0.0825 e. The van der Waals surface area contributed by atoms with Gasteiger partial charge in [0.05, 0.1) is 6.10 Å². The van der Waals surface area contributed by atoms with Gasteiger partial charge in [-0.25, -0.2) is 0 Å². The van der Waals surface area contributed by atoms with Gasteiger partial charge in [-0.05, 0) is 54.7 Å². The van der Waals surface area contributed by atoms with Crippen LogP contribution in [-0.2, 0) is 0 Å². The quantitative estimate of drug-likeness (QED) is 0.811. The molecule has 0 amide bonds. The largest absolute Gasteiger partial charge is 0.388 e. The van der Waals surface area contributed by atoms with Crippen molar-refractivity contribution in [2.75, 3.05) is 0 Å². The second kappa shape index (κ2) is 4.45. The molecule has 1 aromatic carbocycles. The average molecular weight is 232 g/mol. The topological polar surface area (TPSA) is 20.2 Å². The number of hydrogen-bond acceptors (Lipinski definition) is 1. The zero-order chi connectivity index (χ0) is 12.6. The third-order valence-electron chi connectivity index (χ3n) is 4.69. The maximum absolute atomic E-state index is 10.7. The monoisotopic (exact) mass is 232 g/mol. The van der Waals surface area contributed by atoms with Gasteiger partial charge in [0.25, 0.3) is 0 Å². The van der Waals surface area contributed by atoms with E-state index in [9.17, 15) is 5.11 Å². The van der Waals surface area contributed by atoms with E-state index in [-0.39, 0.29) is 11.5 Å². The molecular formula is C16H24O. The van der Waals surface area contributed by atoms with Crippen LogP contribution in [-0.4, -0.2) is 5.11 Å². The molecule has 1 aromatic rings. The molecule has 1 aliphatic carbocycles. The zero-order valence-electron chi connectivity index (χ0n) is 11.5. The van der Waals surface area contributed by atoms with Crippen molar-refractivity contribution in [3.63, 3.8) is 0 Å². The van der Waals surface area contributed by atoms with Crippen molar-refractivity contribution in [3.8, 4) is 0 Å². The summed E-state index contributed by atoms with van der Waals surface area (Å²) in [5, 5.41) is 10.7. The van der Waals surface area contributed by atoms with Crippen LogP contribution >= 0.6 is 0 Å². The predicted octanol–water partition coefficient (Wildman–Crippen LogP) is 4.16. The molecule has 0 spiro atoms. The number of aliphatic hydroxyl groups excluding tert-OH is 1. The van der Waals surface area contributed by atoms with Gasteiger partial charge in [0.1, 0.15) is 0 Å². The maximum Gasteiger partial charge on any atom is 0.0825 e. The molecule has 0 aliphatic heterocycles. The lowest BCUT2D eigenvalue weighted by Crippen LogP contribution is -2.24. The number of aliphatic hydroxyl groups is 1. The molecule has 2 unspecified atom stereocenters. The molecule has 1 saturated carbocycles. The Hall–Kier alpha value is -0.820. The Labute approximate surface area is 105 Å². The van der Waals surface area contributed by atoms with Gasteiger partial charge in [0.2, 0.25) is 0 Å². The lowest BCUT2D eigenvalue weighted by molar-refractivity contribution is 0.0526. The fraction of sp³-hybridized carbons (Fsp3) is 0.625. The Bertz CT molecular complexity index is 406. The first-order chi connectivity index (χ1) is 7.93. The maximum atomic E-state index is 10.7. The highest BCUT2D eigenvalue weighted by molar-refractivity contribution is 5.35. The van der Waals surface area contributed by atoms with E-state index in [0.29, 0.717) is 5.92 Å². The minimum absolute atomic E-state index is 0.273. The van der Waals surface area contributed by atoms with E-state index in [4.69, 9.17) is 0 Å². The van der Waals surface area contributed by atoms with Crippen LogP contribution in [0.5, 0.6) is 0 Å². The lowest BCUT2D eigenvalue weighted by atomic mass is 9.76. The molecule has 0 radical (unpaired) electrons. The van der Waals surface area contributed by atoms with E-state index in [0.717, 1.165) is 12.0 Å². The summed E-state index contributed by atoms with van der Waals surface area (Å²) in [7, 11) is 0. The van der Waals surface area contributed by atoms with Gasteiger partial charge in [-0.2, -0.15) is 0 Å². The van der Waals surface area contributed by atoms with Crippen LogP contribution in [0.4, 0.5) is 0 Å². The highest BCUT2D eigenvalue weighted by Crippen LogP contribution is 2.49. The van der Waals surface area contributed by atoms with E-state index >= 15 is 0 Å². The van der Waals surface area contributed by atoms with Crippen LogP contribution in [0, 0.1) is 25.2 Å². The molecule has 1 nitrogen and oxygen atoms in total. The van der Waals surface area contributed by atoms with Crippen LogP contribution in [0.2, 0.25) is 0 Å². The first kappa shape index (κ1) is 12.6. The van der Waals surface area contributed by atoms with Crippen LogP contribution in [0.25, 0.3) is 0 Å². The number of aryl methyl sites for hydroxylation is 1. The molecule has 2 atom stereocenters. The average Bonchev–Trinajstić information content (AvgIpc) is 2.61. The number of rotatable bonds is 2. The van der Waals surface area contributed by atoms with Crippen molar-refractivity contribution in [2.24, 2.45) is 11.3 Å². The third kappa shape index (κ3) is 2.26. The summed E-state index contributed by atoms with van der Waals surface area (Å²) < 4.78 is 0. The van der Waals surface area contributed by atoms with E-state index in [2.05, 4.69) is 45.9 Å². The molecule has 94 valence electrons. The Morgan fingerprint density at radius 1 is 1.29 bits per heavy atom. The third-order valence-corrected chi connectivity index (χ3v) is 4.69. The van der Waals surface area contributed by atoms with Crippen molar-refractivity contribution in [1.82, 2.24) is 0 Å². The Morgan fingerprint density at radius 2 is 2.00 bits per heavy atom. The second-order valence-electron chi connectivity index (χ2n) is 6.22. The van der Waals surface area contributed by atoms with Gasteiger partial charge in [-0.1, -0.05) is 38.5 Å². The molecule has 17 heavy (non-hydrogen) atoms. The van der Waals surface area contributed by atoms with Gasteiger partial charge in [0, 0.05) is 0 Å². The fourth-order valence-corrected chi connectivity index (χ4v) is 3.25. The fourth-order valence-electron chi connectivity index (χ4n) is 3.25. The summed E-state index contributed by atoms with van der Waals surface area (Å²) in [6, 6.07) is 6.26. The summed E-state index contributed by atoms with van der Waals surface area (Å²) in [6.45, 7) is 8.82. The van der Waals surface area contributed by atoms with Crippen LogP contribution in [0.1, 0.15) is 55.9 Å². The van der Waals surface area contributed by atoms with Crippen LogP contribution in [0.15, 0.2) is 18.2 Å². The highest BCUT2D eigenvalue weighted by atomic mass is 16.3. The minimum Gasteiger partial charge on any atom is -0.388 e. The summed E-state index contributed by atoms with van der Waals surface area (Å²) in [5.74, 6) is 0.406. The second-order valence-corrected chi connectivity index (χ2v) is 6.22. The molecule has 0 saturated heterocycles. The standard InChI is InChI=1S/C16H24O/c1-11-7-5-8-13(12(11)2)15(17)14-9-6-10-16(14,3)4/h5,7-8,14-15,17H,6,9-10H2,1-4H3. The van der Waals surface area contributed by atoms with Gasteiger partial charge >= 0.3 is 0 Å². The van der Waals surface area contributed by atoms with Crippen molar-refractivity contribution in [3.05, 3.63) is 34.9 Å². The molecule has 1 heteroatoms. The lowest BCUT2D eigenvalue weighted by Gasteiger charge is -2.32. The minimum atomic E-state index is -0.299. The number of benzene rings is 1. The molecule has 0 bridgehead atoms. The van der Waals surface area contributed by atoms with Gasteiger partial charge in [-0.3, -0.25) is 0 Å². The molecule has 1 aliphatic rings. The summed E-state index contributed by atoms with van der Waals surface area (Å²) in [4.78, 5) is 0. The summed E-state index contributed by atoms with van der Waals surface area (Å²) in [6.07, 6.45) is 3.34. The zero-order valence-corrected chi connectivity index (χ0v) is 11.5. The SMILES string of the molecule is Cc1cccc(C(O)C2CCCC2(C)C)c1C. The van der Waals surface area contributed by atoms with Crippen molar-refractivity contribution >= 4 is 0 Å². The molecule has 2 rings (SSSR count). The molecule has 1 fully saturated rings. The van der Waals surface area contributed by atoms with Gasteiger partial charge < -0.3 is 5.11 Å². The molecule has 0 aromatic heterocycles.